The number of nitrogens with two attached hydrogens (primary N) is 1. The van der Waals surface area contributed by atoms with Crippen molar-refractivity contribution in [1.29, 1.82) is 0 Å². The molecule has 22 heavy (non-hydrogen) atoms. The van der Waals surface area contributed by atoms with Crippen LogP contribution in [0.1, 0.15) is 23.8 Å². The Morgan fingerprint density at radius 2 is 2.05 bits per heavy atom. The van der Waals surface area contributed by atoms with E-state index in [0.29, 0.717) is 5.88 Å². The maximum Gasteiger partial charge on any atom is 0.231 e. The lowest BCUT2D eigenvalue weighted by molar-refractivity contribution is 0.466. The molecule has 0 saturated carbocycles. The first kappa shape index (κ1) is 13.5. The van der Waals surface area contributed by atoms with Crippen LogP contribution in [0.3, 0.4) is 0 Å². The molecule has 2 aromatic heterocycles. The molecule has 1 aliphatic rings. The van der Waals surface area contributed by atoms with Crippen LogP contribution in [0.5, 0.6) is 11.6 Å². The number of ether oxygens (including phenoxy) is 1. The summed E-state index contributed by atoms with van der Waals surface area (Å²) in [5.74, 6) is 2.15. The molecular weight excluding hydrogens is 294 g/mol. The molecule has 112 valence electrons. The van der Waals surface area contributed by atoms with Gasteiger partial charge < -0.3 is 10.5 Å². The zero-order chi connectivity index (χ0) is 15.1. The van der Waals surface area contributed by atoms with Crippen LogP contribution in [-0.2, 0) is 12.8 Å². The van der Waals surface area contributed by atoms with Crippen molar-refractivity contribution in [3.63, 3.8) is 0 Å². The molecule has 5 heteroatoms. The van der Waals surface area contributed by atoms with Crippen molar-refractivity contribution < 1.29 is 4.74 Å². The van der Waals surface area contributed by atoms with E-state index in [9.17, 15) is 0 Å². The fourth-order valence-electron chi connectivity index (χ4n) is 2.97. The number of thiophene rings is 1. The molecule has 4 nitrogen and oxygen atoms in total. The van der Waals surface area contributed by atoms with Gasteiger partial charge in [-0.25, -0.2) is 9.97 Å². The zero-order valence-electron chi connectivity index (χ0n) is 12.4. The molecule has 3 aromatic rings. The van der Waals surface area contributed by atoms with Crippen molar-refractivity contribution in [3.05, 3.63) is 41.0 Å². The second-order valence-corrected chi connectivity index (χ2v) is 6.97. The quantitative estimate of drug-likeness (QED) is 0.721. The second kappa shape index (κ2) is 5.25. The number of nitrogen functional groups attached to an aromatic ring is 1. The third kappa shape index (κ3) is 2.31. The molecule has 1 atom stereocenters. The van der Waals surface area contributed by atoms with Gasteiger partial charge in [-0.2, -0.15) is 0 Å². The van der Waals surface area contributed by atoms with Gasteiger partial charge in [0.15, 0.2) is 0 Å². The van der Waals surface area contributed by atoms with Gasteiger partial charge in [0, 0.05) is 10.6 Å². The summed E-state index contributed by atoms with van der Waals surface area (Å²) >= 11 is 1.78. The van der Waals surface area contributed by atoms with E-state index in [1.54, 1.807) is 17.7 Å². The highest BCUT2D eigenvalue weighted by atomic mass is 32.1. The summed E-state index contributed by atoms with van der Waals surface area (Å²) in [5, 5.41) is 1.09. The summed E-state index contributed by atoms with van der Waals surface area (Å²) in [5.41, 5.74) is 7.82. The SMILES string of the molecule is CC1CCc2c(sc3ncnc(Oc4ccc(N)cc4)c23)C1. The number of aryl methyl sites for hydroxylation is 1. The molecule has 0 radical (unpaired) electrons. The average Bonchev–Trinajstić information content (AvgIpc) is 2.88. The van der Waals surface area contributed by atoms with E-state index in [1.165, 1.54) is 16.9 Å². The van der Waals surface area contributed by atoms with Crippen molar-refractivity contribution in [2.75, 3.05) is 5.73 Å². The largest absolute Gasteiger partial charge is 0.438 e. The van der Waals surface area contributed by atoms with E-state index in [2.05, 4.69) is 16.9 Å². The first-order valence-corrected chi connectivity index (χ1v) is 8.31. The lowest BCUT2D eigenvalue weighted by atomic mass is 9.89. The van der Waals surface area contributed by atoms with Gasteiger partial charge in [0.05, 0.1) is 5.39 Å². The number of anilines is 1. The molecule has 1 aliphatic carbocycles. The van der Waals surface area contributed by atoms with Crippen LogP contribution in [0.2, 0.25) is 0 Å². The minimum absolute atomic E-state index is 0.654. The Labute approximate surface area is 133 Å². The summed E-state index contributed by atoms with van der Waals surface area (Å²) in [7, 11) is 0. The Bertz CT molecular complexity index is 826. The average molecular weight is 311 g/mol. The van der Waals surface area contributed by atoms with E-state index in [-0.39, 0.29) is 0 Å². The minimum Gasteiger partial charge on any atom is -0.438 e. The lowest BCUT2D eigenvalue weighted by Gasteiger charge is -2.18. The molecule has 0 fully saturated rings. The van der Waals surface area contributed by atoms with E-state index in [4.69, 9.17) is 10.5 Å². The van der Waals surface area contributed by atoms with Crippen LogP contribution in [0, 0.1) is 5.92 Å². The third-order valence-electron chi connectivity index (χ3n) is 4.15. The smallest absolute Gasteiger partial charge is 0.231 e. The maximum atomic E-state index is 6.00. The van der Waals surface area contributed by atoms with Crippen LogP contribution in [-0.4, -0.2) is 9.97 Å². The third-order valence-corrected chi connectivity index (χ3v) is 5.31. The van der Waals surface area contributed by atoms with E-state index < -0.39 is 0 Å². The van der Waals surface area contributed by atoms with Gasteiger partial charge in [-0.3, -0.25) is 0 Å². The number of hydrogen-bond donors (Lipinski definition) is 1. The topological polar surface area (TPSA) is 61.0 Å². The number of benzene rings is 1. The predicted octanol–water partition coefficient (Wildman–Crippen LogP) is 4.19. The van der Waals surface area contributed by atoms with Gasteiger partial charge in [0.1, 0.15) is 16.9 Å². The summed E-state index contributed by atoms with van der Waals surface area (Å²) in [6.45, 7) is 2.31. The summed E-state index contributed by atoms with van der Waals surface area (Å²) in [4.78, 5) is 11.3. The number of aromatic nitrogens is 2. The van der Waals surface area contributed by atoms with Crippen LogP contribution in [0.15, 0.2) is 30.6 Å². The van der Waals surface area contributed by atoms with Gasteiger partial charge in [-0.1, -0.05) is 6.92 Å². The monoisotopic (exact) mass is 311 g/mol. The van der Waals surface area contributed by atoms with Crippen molar-refractivity contribution in [2.45, 2.75) is 26.2 Å². The second-order valence-electron chi connectivity index (χ2n) is 5.88. The Kier molecular flexibility index (Phi) is 3.22. The highest BCUT2D eigenvalue weighted by molar-refractivity contribution is 7.18. The zero-order valence-corrected chi connectivity index (χ0v) is 13.2. The number of rotatable bonds is 2. The van der Waals surface area contributed by atoms with Gasteiger partial charge in [-0.05, 0) is 55.0 Å². The molecule has 0 amide bonds. The first-order valence-electron chi connectivity index (χ1n) is 7.49. The van der Waals surface area contributed by atoms with Crippen LogP contribution in [0.25, 0.3) is 10.2 Å². The summed E-state index contributed by atoms with van der Waals surface area (Å²) in [6, 6.07) is 7.39. The van der Waals surface area contributed by atoms with Gasteiger partial charge in [0.25, 0.3) is 0 Å². The Hall–Kier alpha value is -2.14. The summed E-state index contributed by atoms with van der Waals surface area (Å²) in [6.07, 6.45) is 5.02. The molecule has 1 aromatic carbocycles. The van der Waals surface area contributed by atoms with Gasteiger partial charge >= 0.3 is 0 Å². The van der Waals surface area contributed by atoms with Crippen LogP contribution < -0.4 is 10.5 Å². The van der Waals surface area contributed by atoms with Crippen LogP contribution in [0.4, 0.5) is 5.69 Å². The van der Waals surface area contributed by atoms with Gasteiger partial charge in [-0.15, -0.1) is 11.3 Å². The van der Waals surface area contributed by atoms with Crippen molar-refractivity contribution in [1.82, 2.24) is 9.97 Å². The highest BCUT2D eigenvalue weighted by Crippen LogP contribution is 2.41. The molecular formula is C17H17N3OS. The van der Waals surface area contributed by atoms with Gasteiger partial charge in [0.2, 0.25) is 5.88 Å². The van der Waals surface area contributed by atoms with Crippen molar-refractivity contribution >= 4 is 27.2 Å². The molecule has 0 spiro atoms. The standard InChI is InChI=1S/C17H17N3OS/c1-10-2-7-13-14(8-10)22-17-15(13)16(19-9-20-17)21-12-5-3-11(18)4-6-12/h3-6,9-10H,2,7-8,18H2,1H3. The summed E-state index contributed by atoms with van der Waals surface area (Å²) < 4.78 is 6.00. The Morgan fingerprint density at radius 1 is 1.23 bits per heavy atom. The number of nitrogens with zero attached hydrogens (tertiary/aromatic N) is 2. The van der Waals surface area contributed by atoms with Crippen molar-refractivity contribution in [3.8, 4) is 11.6 Å². The molecule has 0 bridgehead atoms. The molecule has 2 heterocycles. The van der Waals surface area contributed by atoms with Crippen molar-refractivity contribution in [2.24, 2.45) is 5.92 Å². The Balaban J connectivity index is 1.79. The molecule has 0 aliphatic heterocycles. The number of hydrogen-bond acceptors (Lipinski definition) is 5. The predicted molar refractivity (Wildman–Crippen MR) is 89.5 cm³/mol. The lowest BCUT2D eigenvalue weighted by Crippen LogP contribution is -2.08. The molecule has 4 rings (SSSR count). The Morgan fingerprint density at radius 3 is 2.86 bits per heavy atom. The molecule has 1 unspecified atom stereocenters. The molecule has 2 N–H and O–H groups in total. The van der Waals surface area contributed by atoms with Crippen LogP contribution >= 0.6 is 11.3 Å². The molecule has 0 saturated heterocycles. The highest BCUT2D eigenvalue weighted by Gasteiger charge is 2.23. The minimum atomic E-state index is 0.654. The first-order chi connectivity index (χ1) is 10.7. The number of fused-ring (bicyclic) bond motifs is 3. The fourth-order valence-corrected chi connectivity index (χ4v) is 4.31. The fraction of sp³-hybridized carbons (Fsp3) is 0.294. The van der Waals surface area contributed by atoms with E-state index >= 15 is 0 Å². The maximum absolute atomic E-state index is 6.00. The van der Waals surface area contributed by atoms with E-state index in [1.807, 2.05) is 24.3 Å². The van der Waals surface area contributed by atoms with E-state index in [0.717, 1.165) is 40.4 Å². The normalized spacial score (nSPS) is 17.4.